The van der Waals surface area contributed by atoms with Gasteiger partial charge in [0, 0.05) is 12.3 Å². The predicted molar refractivity (Wildman–Crippen MR) is 125 cm³/mol. The first kappa shape index (κ1) is 22.7. The number of ether oxygens (including phenoxy) is 2. The lowest BCUT2D eigenvalue weighted by Gasteiger charge is -2.15. The van der Waals surface area contributed by atoms with Crippen molar-refractivity contribution in [3.8, 4) is 11.5 Å². The number of urea groups is 1. The zero-order chi connectivity index (χ0) is 23.4. The molecule has 0 bridgehead atoms. The number of rotatable bonds is 9. The number of nitrogens with one attached hydrogen (secondary N) is 1. The van der Waals surface area contributed by atoms with E-state index < -0.39 is 0 Å². The van der Waals surface area contributed by atoms with Crippen LogP contribution >= 0.6 is 11.8 Å². The maximum absolute atomic E-state index is 13.3. The highest BCUT2D eigenvalue weighted by atomic mass is 32.2. The summed E-state index contributed by atoms with van der Waals surface area (Å²) in [5.41, 5.74) is 1.36. The molecule has 2 heterocycles. The normalized spacial score (nSPS) is 13.5. The fraction of sp³-hybridized carbons (Fsp3) is 0.304. The van der Waals surface area contributed by atoms with Gasteiger partial charge in [0.1, 0.15) is 0 Å². The Kier molecular flexibility index (Phi) is 6.83. The third-order valence-electron chi connectivity index (χ3n) is 5.31. The first-order valence-corrected chi connectivity index (χ1v) is 11.4. The third kappa shape index (κ3) is 4.80. The Bertz CT molecular complexity index is 1240. The van der Waals surface area contributed by atoms with Gasteiger partial charge in [0.25, 0.3) is 5.56 Å². The van der Waals surface area contributed by atoms with Crippen LogP contribution < -0.4 is 20.3 Å². The molecule has 1 aromatic heterocycles. The van der Waals surface area contributed by atoms with Crippen LogP contribution in [0, 0.1) is 0 Å². The van der Waals surface area contributed by atoms with Crippen molar-refractivity contribution < 1.29 is 19.1 Å². The molecule has 0 unspecified atom stereocenters. The molecule has 3 amide bonds. The number of hydrogen-bond acceptors (Lipinski definition) is 7. The number of thioether (sulfide) groups is 1. The third-order valence-corrected chi connectivity index (χ3v) is 6.37. The number of para-hydroxylation sites is 1. The number of methoxy groups -OCH3 is 2. The van der Waals surface area contributed by atoms with E-state index in [9.17, 15) is 14.4 Å². The summed E-state index contributed by atoms with van der Waals surface area (Å²) in [6, 6.07) is 12.4. The quantitative estimate of drug-likeness (QED) is 0.223. The van der Waals surface area contributed by atoms with Gasteiger partial charge >= 0.3 is 6.03 Å². The van der Waals surface area contributed by atoms with Crippen LogP contribution in [-0.2, 0) is 11.3 Å². The summed E-state index contributed by atoms with van der Waals surface area (Å²) in [6.45, 7) is 0.681. The molecule has 0 radical (unpaired) electrons. The van der Waals surface area contributed by atoms with E-state index in [1.807, 2.05) is 30.3 Å². The molecule has 10 heteroatoms. The summed E-state index contributed by atoms with van der Waals surface area (Å²) >= 11 is 1.42. The zero-order valence-corrected chi connectivity index (χ0v) is 19.2. The molecule has 0 spiro atoms. The van der Waals surface area contributed by atoms with Crippen LogP contribution in [0.2, 0.25) is 0 Å². The SMILES string of the molecule is COc1ccc(Cn2c(SCCCN3C(=O)CNC3=O)nc3ccccc3c2=O)cc1OC. The molecule has 4 rings (SSSR count). The van der Waals surface area contributed by atoms with Crippen molar-refractivity contribution in [3.05, 3.63) is 58.4 Å². The van der Waals surface area contributed by atoms with Crippen molar-refractivity contribution in [2.75, 3.05) is 33.1 Å². The van der Waals surface area contributed by atoms with Crippen molar-refractivity contribution in [1.29, 1.82) is 0 Å². The molecule has 3 aromatic rings. The molecular weight excluding hydrogens is 444 g/mol. The van der Waals surface area contributed by atoms with Crippen molar-refractivity contribution >= 4 is 34.6 Å². The number of fused-ring (bicyclic) bond motifs is 1. The lowest BCUT2D eigenvalue weighted by atomic mass is 10.2. The minimum Gasteiger partial charge on any atom is -0.493 e. The van der Waals surface area contributed by atoms with E-state index in [1.54, 1.807) is 30.9 Å². The van der Waals surface area contributed by atoms with Crippen LogP contribution in [0.3, 0.4) is 0 Å². The first-order valence-electron chi connectivity index (χ1n) is 10.4. The van der Waals surface area contributed by atoms with E-state index in [-0.39, 0.29) is 24.0 Å². The summed E-state index contributed by atoms with van der Waals surface area (Å²) < 4.78 is 12.3. The molecule has 9 nitrogen and oxygen atoms in total. The average Bonchev–Trinajstić information content (AvgIpc) is 3.15. The van der Waals surface area contributed by atoms with Gasteiger partial charge in [-0.1, -0.05) is 30.0 Å². The van der Waals surface area contributed by atoms with E-state index >= 15 is 0 Å². The van der Waals surface area contributed by atoms with Gasteiger partial charge < -0.3 is 14.8 Å². The van der Waals surface area contributed by atoms with Crippen LogP contribution in [0.1, 0.15) is 12.0 Å². The molecule has 0 aliphatic carbocycles. The average molecular weight is 469 g/mol. The van der Waals surface area contributed by atoms with E-state index in [2.05, 4.69) is 5.32 Å². The van der Waals surface area contributed by atoms with Crippen LogP contribution in [0.5, 0.6) is 11.5 Å². The molecule has 2 aromatic carbocycles. The molecule has 172 valence electrons. The predicted octanol–water partition coefficient (Wildman–Crippen LogP) is 2.50. The molecule has 0 atom stereocenters. The summed E-state index contributed by atoms with van der Waals surface area (Å²) in [5, 5.41) is 3.63. The maximum Gasteiger partial charge on any atom is 0.324 e. The Balaban J connectivity index is 1.59. The Morgan fingerprint density at radius 2 is 1.85 bits per heavy atom. The highest BCUT2D eigenvalue weighted by molar-refractivity contribution is 7.99. The smallest absolute Gasteiger partial charge is 0.324 e. The Labute approximate surface area is 194 Å². The fourth-order valence-electron chi connectivity index (χ4n) is 3.63. The highest BCUT2D eigenvalue weighted by Gasteiger charge is 2.27. The fourth-order valence-corrected chi connectivity index (χ4v) is 4.55. The number of nitrogens with zero attached hydrogens (tertiary/aromatic N) is 3. The van der Waals surface area contributed by atoms with E-state index in [4.69, 9.17) is 14.5 Å². The van der Waals surface area contributed by atoms with Crippen molar-refractivity contribution in [2.24, 2.45) is 0 Å². The van der Waals surface area contributed by atoms with Gasteiger partial charge in [-0.15, -0.1) is 0 Å². The Morgan fingerprint density at radius 1 is 1.06 bits per heavy atom. The largest absolute Gasteiger partial charge is 0.493 e. The van der Waals surface area contributed by atoms with Crippen molar-refractivity contribution in [3.63, 3.8) is 0 Å². The molecule has 33 heavy (non-hydrogen) atoms. The molecular formula is C23H24N4O5S. The van der Waals surface area contributed by atoms with E-state index in [0.29, 0.717) is 52.8 Å². The summed E-state index contributed by atoms with van der Waals surface area (Å²) in [5.74, 6) is 1.56. The molecule has 1 aliphatic heterocycles. The first-order chi connectivity index (χ1) is 16.0. The van der Waals surface area contributed by atoms with Crippen molar-refractivity contribution in [1.82, 2.24) is 19.8 Å². The van der Waals surface area contributed by atoms with Crippen LogP contribution in [0.4, 0.5) is 4.79 Å². The van der Waals surface area contributed by atoms with Crippen LogP contribution in [0.15, 0.2) is 52.4 Å². The minimum absolute atomic E-state index is 0.0447. The zero-order valence-electron chi connectivity index (χ0n) is 18.4. The standard InChI is InChI=1S/C23H24N4O5S/c1-31-18-9-8-15(12-19(18)32-2)14-27-21(29)16-6-3-4-7-17(16)25-23(27)33-11-5-10-26-20(28)13-24-22(26)30/h3-4,6-9,12H,5,10-11,13-14H2,1-2H3,(H,24,30). The molecule has 1 aliphatic rings. The van der Waals surface area contributed by atoms with Gasteiger partial charge in [-0.25, -0.2) is 9.78 Å². The number of carbonyl (C=O) groups excluding carboxylic acids is 2. The number of hydrogen-bond donors (Lipinski definition) is 1. The summed E-state index contributed by atoms with van der Waals surface area (Å²) in [7, 11) is 3.14. The summed E-state index contributed by atoms with van der Waals surface area (Å²) in [6.07, 6.45) is 0.586. The Hall–Kier alpha value is -3.53. The second-order valence-electron chi connectivity index (χ2n) is 7.40. The second-order valence-corrected chi connectivity index (χ2v) is 8.46. The van der Waals surface area contributed by atoms with E-state index in [1.165, 1.54) is 16.7 Å². The maximum atomic E-state index is 13.3. The monoisotopic (exact) mass is 468 g/mol. The molecule has 0 saturated carbocycles. The molecule has 1 fully saturated rings. The van der Waals surface area contributed by atoms with Gasteiger partial charge in [-0.3, -0.25) is 19.1 Å². The van der Waals surface area contributed by atoms with Gasteiger partial charge in [0.15, 0.2) is 16.7 Å². The summed E-state index contributed by atoms with van der Waals surface area (Å²) in [4.78, 5) is 42.7. The lowest BCUT2D eigenvalue weighted by Crippen LogP contribution is -2.32. The molecule has 1 saturated heterocycles. The number of imide groups is 1. The van der Waals surface area contributed by atoms with E-state index in [0.717, 1.165) is 5.56 Å². The van der Waals surface area contributed by atoms with Gasteiger partial charge in [-0.05, 0) is 36.2 Å². The van der Waals surface area contributed by atoms with Crippen LogP contribution in [-0.4, -0.2) is 59.5 Å². The highest BCUT2D eigenvalue weighted by Crippen LogP contribution is 2.28. The lowest BCUT2D eigenvalue weighted by molar-refractivity contribution is -0.124. The topological polar surface area (TPSA) is 103 Å². The minimum atomic E-state index is -0.362. The number of benzene rings is 2. The number of carbonyl (C=O) groups is 2. The van der Waals surface area contributed by atoms with Crippen molar-refractivity contribution in [2.45, 2.75) is 18.1 Å². The molecule has 1 N–H and O–H groups in total. The van der Waals surface area contributed by atoms with Gasteiger partial charge in [0.2, 0.25) is 5.91 Å². The van der Waals surface area contributed by atoms with Gasteiger partial charge in [0.05, 0.1) is 38.2 Å². The number of aromatic nitrogens is 2. The second kappa shape index (κ2) is 9.95. The number of amides is 3. The van der Waals surface area contributed by atoms with Gasteiger partial charge in [-0.2, -0.15) is 0 Å². The van der Waals surface area contributed by atoms with Crippen LogP contribution in [0.25, 0.3) is 10.9 Å². The Morgan fingerprint density at radius 3 is 2.58 bits per heavy atom.